The van der Waals surface area contributed by atoms with E-state index in [-0.39, 0.29) is 5.97 Å². The van der Waals surface area contributed by atoms with Crippen LogP contribution < -0.4 is 5.32 Å². The molecule has 0 unspecified atom stereocenters. The van der Waals surface area contributed by atoms with Gasteiger partial charge < -0.3 is 15.2 Å². The summed E-state index contributed by atoms with van der Waals surface area (Å²) in [6.45, 7) is 3.30. The molecule has 1 aromatic carbocycles. The van der Waals surface area contributed by atoms with E-state index < -0.39 is 5.97 Å². The molecule has 0 amide bonds. The molecule has 0 aromatic heterocycles. The Morgan fingerprint density at radius 1 is 1.32 bits per heavy atom. The van der Waals surface area contributed by atoms with Crippen LogP contribution in [-0.4, -0.2) is 30.2 Å². The van der Waals surface area contributed by atoms with Crippen molar-refractivity contribution >= 4 is 11.9 Å². The molecule has 0 aliphatic rings. The molecule has 1 aromatic rings. The van der Waals surface area contributed by atoms with E-state index in [2.05, 4.69) is 5.32 Å². The summed E-state index contributed by atoms with van der Waals surface area (Å²) in [4.78, 5) is 22.1. The average Bonchev–Trinajstić information content (AvgIpc) is 2.39. The van der Waals surface area contributed by atoms with E-state index in [4.69, 9.17) is 9.84 Å². The molecule has 0 saturated heterocycles. The van der Waals surface area contributed by atoms with Crippen molar-refractivity contribution in [1.29, 1.82) is 0 Å². The summed E-state index contributed by atoms with van der Waals surface area (Å²) < 4.78 is 4.81. The number of aromatic carboxylic acids is 1. The maximum atomic E-state index is 11.1. The van der Waals surface area contributed by atoms with Gasteiger partial charge in [-0.05, 0) is 31.5 Å². The number of carbonyl (C=O) groups is 2. The monoisotopic (exact) mass is 265 g/mol. The van der Waals surface area contributed by atoms with Crippen LogP contribution in [0.5, 0.6) is 0 Å². The van der Waals surface area contributed by atoms with E-state index >= 15 is 0 Å². The Labute approximate surface area is 112 Å². The number of ether oxygens (including phenoxy) is 1. The number of esters is 1. The number of carboxylic acids is 1. The number of carbonyl (C=O) groups excluding carboxylic acids is 1. The van der Waals surface area contributed by atoms with E-state index in [1.807, 2.05) is 6.07 Å². The number of carboxylic acid groups (broad SMARTS) is 1. The van der Waals surface area contributed by atoms with Gasteiger partial charge in [-0.25, -0.2) is 4.79 Å². The second-order valence-electron chi connectivity index (χ2n) is 4.05. The third-order valence-corrected chi connectivity index (χ3v) is 2.60. The van der Waals surface area contributed by atoms with Crippen LogP contribution in [-0.2, 0) is 16.1 Å². The third-order valence-electron chi connectivity index (χ3n) is 2.60. The van der Waals surface area contributed by atoms with Crippen molar-refractivity contribution < 1.29 is 19.4 Å². The van der Waals surface area contributed by atoms with Crippen molar-refractivity contribution in [2.24, 2.45) is 0 Å². The summed E-state index contributed by atoms with van der Waals surface area (Å²) in [6, 6.07) is 6.87. The zero-order valence-electron chi connectivity index (χ0n) is 11.0. The predicted octanol–water partition coefficient (Wildman–Crippen LogP) is 1.82. The fourth-order valence-corrected chi connectivity index (χ4v) is 1.70. The van der Waals surface area contributed by atoms with Crippen LogP contribution in [0.25, 0.3) is 0 Å². The van der Waals surface area contributed by atoms with Crippen molar-refractivity contribution in [3.05, 3.63) is 35.4 Å². The number of benzene rings is 1. The molecule has 104 valence electrons. The fraction of sp³-hybridized carbons (Fsp3) is 0.429. The van der Waals surface area contributed by atoms with Crippen molar-refractivity contribution in [2.45, 2.75) is 26.3 Å². The summed E-state index contributed by atoms with van der Waals surface area (Å²) >= 11 is 0. The van der Waals surface area contributed by atoms with E-state index in [0.29, 0.717) is 38.1 Å². The van der Waals surface area contributed by atoms with E-state index in [9.17, 15) is 9.59 Å². The summed E-state index contributed by atoms with van der Waals surface area (Å²) in [5, 5.41) is 12.1. The van der Waals surface area contributed by atoms with Crippen LogP contribution in [0.4, 0.5) is 0 Å². The van der Waals surface area contributed by atoms with Crippen molar-refractivity contribution in [3.63, 3.8) is 0 Å². The standard InChI is InChI=1S/C14H19NO4/c1-2-19-13(16)8-5-9-15-10-11-6-3-4-7-12(11)14(17)18/h3-4,6-7,15H,2,5,8-10H2,1H3,(H,17,18). The zero-order chi connectivity index (χ0) is 14.1. The average molecular weight is 265 g/mol. The largest absolute Gasteiger partial charge is 0.478 e. The first-order chi connectivity index (χ1) is 9.15. The summed E-state index contributed by atoms with van der Waals surface area (Å²) in [7, 11) is 0. The first-order valence-electron chi connectivity index (χ1n) is 6.32. The first-order valence-corrected chi connectivity index (χ1v) is 6.32. The number of hydrogen-bond donors (Lipinski definition) is 2. The first kappa shape index (κ1) is 15.2. The Morgan fingerprint density at radius 3 is 2.74 bits per heavy atom. The lowest BCUT2D eigenvalue weighted by Crippen LogP contribution is -2.18. The lowest BCUT2D eigenvalue weighted by molar-refractivity contribution is -0.143. The summed E-state index contributed by atoms with van der Waals surface area (Å²) in [5.74, 6) is -1.13. The molecular weight excluding hydrogens is 246 g/mol. The van der Waals surface area contributed by atoms with Gasteiger partial charge in [0, 0.05) is 13.0 Å². The molecule has 0 saturated carbocycles. The van der Waals surface area contributed by atoms with Gasteiger partial charge in [-0.3, -0.25) is 4.79 Å². The van der Waals surface area contributed by atoms with Crippen LogP contribution in [0.2, 0.25) is 0 Å². The molecule has 1 rings (SSSR count). The highest BCUT2D eigenvalue weighted by molar-refractivity contribution is 5.89. The van der Waals surface area contributed by atoms with Gasteiger partial charge in [0.1, 0.15) is 0 Å². The molecule has 19 heavy (non-hydrogen) atoms. The molecule has 0 aliphatic heterocycles. The minimum absolute atomic E-state index is 0.199. The minimum Gasteiger partial charge on any atom is -0.478 e. The van der Waals surface area contributed by atoms with Gasteiger partial charge in [0.05, 0.1) is 12.2 Å². The van der Waals surface area contributed by atoms with Crippen LogP contribution in [0.3, 0.4) is 0 Å². The van der Waals surface area contributed by atoms with Gasteiger partial charge in [0.25, 0.3) is 0 Å². The van der Waals surface area contributed by atoms with Crippen molar-refractivity contribution in [3.8, 4) is 0 Å². The van der Waals surface area contributed by atoms with Crippen molar-refractivity contribution in [2.75, 3.05) is 13.2 Å². The Hall–Kier alpha value is -1.88. The van der Waals surface area contributed by atoms with Gasteiger partial charge in [-0.2, -0.15) is 0 Å². The maximum Gasteiger partial charge on any atom is 0.336 e. The van der Waals surface area contributed by atoms with Crippen LogP contribution in [0.15, 0.2) is 24.3 Å². The molecule has 0 atom stereocenters. The zero-order valence-corrected chi connectivity index (χ0v) is 11.0. The number of hydrogen-bond acceptors (Lipinski definition) is 4. The highest BCUT2D eigenvalue weighted by Gasteiger charge is 2.08. The molecule has 0 fully saturated rings. The van der Waals surface area contributed by atoms with E-state index in [1.165, 1.54) is 0 Å². The smallest absolute Gasteiger partial charge is 0.336 e. The SMILES string of the molecule is CCOC(=O)CCCNCc1ccccc1C(=O)O. The second kappa shape index (κ2) is 8.26. The van der Waals surface area contributed by atoms with Gasteiger partial charge in [-0.15, -0.1) is 0 Å². The van der Waals surface area contributed by atoms with Gasteiger partial charge in [0.2, 0.25) is 0 Å². The van der Waals surface area contributed by atoms with Gasteiger partial charge >= 0.3 is 11.9 Å². The van der Waals surface area contributed by atoms with Gasteiger partial charge in [-0.1, -0.05) is 18.2 Å². The van der Waals surface area contributed by atoms with Crippen LogP contribution >= 0.6 is 0 Å². The van der Waals surface area contributed by atoms with E-state index in [1.54, 1.807) is 25.1 Å². The number of rotatable bonds is 8. The molecule has 0 bridgehead atoms. The highest BCUT2D eigenvalue weighted by atomic mass is 16.5. The molecule has 0 spiro atoms. The maximum absolute atomic E-state index is 11.1. The Balaban J connectivity index is 2.30. The Bertz CT molecular complexity index is 431. The normalized spacial score (nSPS) is 10.2. The predicted molar refractivity (Wildman–Crippen MR) is 71.0 cm³/mol. The molecule has 2 N–H and O–H groups in total. The van der Waals surface area contributed by atoms with E-state index in [0.717, 1.165) is 5.56 Å². The second-order valence-corrected chi connectivity index (χ2v) is 4.05. The summed E-state index contributed by atoms with van der Waals surface area (Å²) in [6.07, 6.45) is 1.05. The van der Waals surface area contributed by atoms with Crippen LogP contribution in [0.1, 0.15) is 35.7 Å². The van der Waals surface area contributed by atoms with Crippen molar-refractivity contribution in [1.82, 2.24) is 5.32 Å². The van der Waals surface area contributed by atoms with Gasteiger partial charge in [0.15, 0.2) is 0 Å². The lowest BCUT2D eigenvalue weighted by Gasteiger charge is -2.07. The molecule has 0 radical (unpaired) electrons. The topological polar surface area (TPSA) is 75.6 Å². The molecule has 5 heteroatoms. The molecule has 0 heterocycles. The third kappa shape index (κ3) is 5.52. The van der Waals surface area contributed by atoms with Crippen LogP contribution in [0, 0.1) is 0 Å². The minimum atomic E-state index is -0.927. The molecular formula is C14H19NO4. The molecule has 0 aliphatic carbocycles. The highest BCUT2D eigenvalue weighted by Crippen LogP contribution is 2.08. The lowest BCUT2D eigenvalue weighted by atomic mass is 10.1. The quantitative estimate of drug-likeness (QED) is 0.554. The Morgan fingerprint density at radius 2 is 2.05 bits per heavy atom. The fourth-order valence-electron chi connectivity index (χ4n) is 1.70. The summed E-state index contributed by atoms with van der Waals surface area (Å²) in [5.41, 5.74) is 1.05. The Kier molecular flexibility index (Phi) is 6.60. The molecule has 5 nitrogen and oxygen atoms in total. The number of nitrogens with one attached hydrogen (secondary N) is 1.